The molecule has 1 aromatic rings. The number of hydrogen-bond acceptors (Lipinski definition) is 6. The van der Waals surface area contributed by atoms with Crippen LogP contribution < -0.4 is 16.6 Å². The van der Waals surface area contributed by atoms with Gasteiger partial charge in [0.2, 0.25) is 5.95 Å². The van der Waals surface area contributed by atoms with Gasteiger partial charge < -0.3 is 10.1 Å². The summed E-state index contributed by atoms with van der Waals surface area (Å²) in [5.74, 6) is 4.96. The summed E-state index contributed by atoms with van der Waals surface area (Å²) < 4.78 is 19.0. The SMILES string of the molecule is CC1(CNc2nc(NN)ncc2F)CCCO1. The molecule has 17 heavy (non-hydrogen) atoms. The molecule has 1 saturated heterocycles. The van der Waals surface area contributed by atoms with Crippen LogP contribution in [-0.2, 0) is 4.74 Å². The first-order chi connectivity index (χ1) is 8.13. The van der Waals surface area contributed by atoms with Gasteiger partial charge in [0.05, 0.1) is 11.8 Å². The van der Waals surface area contributed by atoms with Crippen molar-refractivity contribution in [3.63, 3.8) is 0 Å². The van der Waals surface area contributed by atoms with Crippen LogP contribution in [0.4, 0.5) is 16.2 Å². The Bertz CT molecular complexity index is 394. The Morgan fingerprint density at radius 1 is 1.65 bits per heavy atom. The second-order valence-corrected chi connectivity index (χ2v) is 4.29. The van der Waals surface area contributed by atoms with Gasteiger partial charge in [-0.2, -0.15) is 4.98 Å². The maximum absolute atomic E-state index is 13.4. The fraction of sp³-hybridized carbons (Fsp3) is 0.600. The molecule has 0 aliphatic carbocycles. The maximum atomic E-state index is 13.4. The number of hydrazine groups is 1. The fourth-order valence-corrected chi connectivity index (χ4v) is 1.81. The van der Waals surface area contributed by atoms with Gasteiger partial charge in [-0.3, -0.25) is 5.43 Å². The molecule has 0 bridgehead atoms. The zero-order chi connectivity index (χ0) is 12.3. The van der Waals surface area contributed by atoms with E-state index in [0.29, 0.717) is 6.54 Å². The van der Waals surface area contributed by atoms with E-state index in [4.69, 9.17) is 10.6 Å². The molecule has 1 fully saturated rings. The molecule has 1 aromatic heterocycles. The maximum Gasteiger partial charge on any atom is 0.239 e. The minimum atomic E-state index is -0.509. The average molecular weight is 241 g/mol. The molecule has 0 aromatic carbocycles. The summed E-state index contributed by atoms with van der Waals surface area (Å²) >= 11 is 0. The summed E-state index contributed by atoms with van der Waals surface area (Å²) in [6, 6.07) is 0. The van der Waals surface area contributed by atoms with E-state index in [9.17, 15) is 4.39 Å². The van der Waals surface area contributed by atoms with Crippen molar-refractivity contribution in [2.45, 2.75) is 25.4 Å². The number of halogens is 1. The van der Waals surface area contributed by atoms with Gasteiger partial charge in [-0.05, 0) is 19.8 Å². The molecular formula is C10H16FN5O. The highest BCUT2D eigenvalue weighted by atomic mass is 19.1. The summed E-state index contributed by atoms with van der Waals surface area (Å²) in [5, 5.41) is 2.92. The van der Waals surface area contributed by atoms with Crippen molar-refractivity contribution < 1.29 is 9.13 Å². The predicted molar refractivity (Wildman–Crippen MR) is 61.9 cm³/mol. The van der Waals surface area contributed by atoms with E-state index in [2.05, 4.69) is 20.7 Å². The molecule has 0 spiro atoms. The molecule has 4 N–H and O–H groups in total. The Kier molecular flexibility index (Phi) is 3.39. The summed E-state index contributed by atoms with van der Waals surface area (Å²) in [6.45, 7) is 3.25. The number of nitrogens with zero attached hydrogens (tertiary/aromatic N) is 2. The number of rotatable bonds is 4. The number of anilines is 2. The lowest BCUT2D eigenvalue weighted by atomic mass is 10.0. The first-order valence-corrected chi connectivity index (χ1v) is 5.50. The Hall–Kier alpha value is -1.47. The summed E-state index contributed by atoms with van der Waals surface area (Å²) in [7, 11) is 0. The third-order valence-corrected chi connectivity index (χ3v) is 2.80. The van der Waals surface area contributed by atoms with Crippen LogP contribution in [-0.4, -0.2) is 28.7 Å². The number of aromatic nitrogens is 2. The predicted octanol–water partition coefficient (Wildman–Crippen LogP) is 0.882. The third-order valence-electron chi connectivity index (χ3n) is 2.80. The molecule has 1 atom stereocenters. The first kappa shape index (κ1) is 12.0. The smallest absolute Gasteiger partial charge is 0.239 e. The zero-order valence-corrected chi connectivity index (χ0v) is 9.66. The highest BCUT2D eigenvalue weighted by Crippen LogP contribution is 2.25. The first-order valence-electron chi connectivity index (χ1n) is 5.50. The van der Waals surface area contributed by atoms with Crippen molar-refractivity contribution in [3.8, 4) is 0 Å². The summed E-state index contributed by atoms with van der Waals surface area (Å²) in [5.41, 5.74) is 2.02. The fourth-order valence-electron chi connectivity index (χ4n) is 1.81. The van der Waals surface area contributed by atoms with Crippen molar-refractivity contribution >= 4 is 11.8 Å². The van der Waals surface area contributed by atoms with Crippen LogP contribution in [0.15, 0.2) is 6.20 Å². The Morgan fingerprint density at radius 3 is 3.12 bits per heavy atom. The van der Waals surface area contributed by atoms with Gasteiger partial charge in [-0.25, -0.2) is 15.2 Å². The van der Waals surface area contributed by atoms with Gasteiger partial charge in [-0.1, -0.05) is 0 Å². The van der Waals surface area contributed by atoms with Gasteiger partial charge in [0, 0.05) is 13.2 Å². The van der Waals surface area contributed by atoms with E-state index >= 15 is 0 Å². The number of nitrogen functional groups attached to an aromatic ring is 1. The van der Waals surface area contributed by atoms with Crippen LogP contribution in [0.5, 0.6) is 0 Å². The van der Waals surface area contributed by atoms with Gasteiger partial charge in [0.1, 0.15) is 0 Å². The van der Waals surface area contributed by atoms with Crippen LogP contribution in [0.3, 0.4) is 0 Å². The normalized spacial score (nSPS) is 23.7. The molecule has 1 unspecified atom stereocenters. The molecule has 7 heteroatoms. The van der Waals surface area contributed by atoms with Crippen molar-refractivity contribution in [2.24, 2.45) is 5.84 Å². The molecule has 94 valence electrons. The van der Waals surface area contributed by atoms with Crippen LogP contribution in [0.25, 0.3) is 0 Å². The molecule has 6 nitrogen and oxygen atoms in total. The molecule has 1 aliphatic rings. The van der Waals surface area contributed by atoms with E-state index in [0.717, 1.165) is 25.6 Å². The highest BCUT2D eigenvalue weighted by Gasteiger charge is 2.29. The molecule has 2 heterocycles. The number of nitrogens with two attached hydrogens (primary N) is 1. The zero-order valence-electron chi connectivity index (χ0n) is 9.66. The minimum absolute atomic E-state index is 0.129. The lowest BCUT2D eigenvalue weighted by Crippen LogP contribution is -2.33. The van der Waals surface area contributed by atoms with Crippen LogP contribution >= 0.6 is 0 Å². The quantitative estimate of drug-likeness (QED) is 0.536. The molecule has 1 aliphatic heterocycles. The largest absolute Gasteiger partial charge is 0.373 e. The summed E-state index contributed by atoms with van der Waals surface area (Å²) in [6.07, 6.45) is 3.05. The number of ether oxygens (including phenoxy) is 1. The van der Waals surface area contributed by atoms with Gasteiger partial charge in [-0.15, -0.1) is 0 Å². The second-order valence-electron chi connectivity index (χ2n) is 4.29. The Morgan fingerprint density at radius 2 is 2.47 bits per heavy atom. The van der Waals surface area contributed by atoms with Crippen molar-refractivity contribution in [1.29, 1.82) is 0 Å². The van der Waals surface area contributed by atoms with Gasteiger partial charge in [0.15, 0.2) is 11.6 Å². The Labute approximate surface area is 98.7 Å². The van der Waals surface area contributed by atoms with Crippen molar-refractivity contribution in [1.82, 2.24) is 9.97 Å². The lowest BCUT2D eigenvalue weighted by molar-refractivity contribution is 0.0314. The molecule has 2 rings (SSSR count). The Balaban J connectivity index is 2.02. The number of nitrogens with one attached hydrogen (secondary N) is 2. The van der Waals surface area contributed by atoms with Crippen LogP contribution in [0.2, 0.25) is 0 Å². The number of hydrogen-bond donors (Lipinski definition) is 3. The monoisotopic (exact) mass is 241 g/mol. The van der Waals surface area contributed by atoms with Gasteiger partial charge >= 0.3 is 0 Å². The second kappa shape index (κ2) is 4.80. The van der Waals surface area contributed by atoms with Crippen molar-refractivity contribution in [3.05, 3.63) is 12.0 Å². The molecular weight excluding hydrogens is 225 g/mol. The minimum Gasteiger partial charge on any atom is -0.373 e. The lowest BCUT2D eigenvalue weighted by Gasteiger charge is -2.23. The standard InChI is InChI=1S/C10H16FN5O/c1-10(3-2-4-17-10)6-14-8-7(11)5-13-9(15-8)16-12/h5H,2-4,6,12H2,1H3,(H2,13,14,15,16). The third kappa shape index (κ3) is 2.80. The van der Waals surface area contributed by atoms with E-state index in [1.54, 1.807) is 0 Å². The molecule has 0 saturated carbocycles. The van der Waals surface area contributed by atoms with Crippen LogP contribution in [0.1, 0.15) is 19.8 Å². The summed E-state index contributed by atoms with van der Waals surface area (Å²) in [4.78, 5) is 7.55. The van der Waals surface area contributed by atoms with E-state index < -0.39 is 5.82 Å². The van der Waals surface area contributed by atoms with Gasteiger partial charge in [0.25, 0.3) is 0 Å². The van der Waals surface area contributed by atoms with E-state index in [1.807, 2.05) is 6.92 Å². The van der Waals surface area contributed by atoms with Crippen molar-refractivity contribution in [2.75, 3.05) is 23.9 Å². The average Bonchev–Trinajstić information content (AvgIpc) is 2.76. The molecule has 0 amide bonds. The van der Waals surface area contributed by atoms with Crippen LogP contribution in [0, 0.1) is 5.82 Å². The highest BCUT2D eigenvalue weighted by molar-refractivity contribution is 5.40. The van der Waals surface area contributed by atoms with E-state index in [1.165, 1.54) is 0 Å². The topological polar surface area (TPSA) is 85.1 Å². The molecule has 0 radical (unpaired) electrons. The van der Waals surface area contributed by atoms with E-state index in [-0.39, 0.29) is 17.4 Å².